The number of carboxylic acids is 1. The molecule has 11 heteroatoms. The van der Waals surface area contributed by atoms with Crippen molar-refractivity contribution in [1.29, 1.82) is 0 Å². The van der Waals surface area contributed by atoms with E-state index in [1.807, 2.05) is 6.26 Å². The van der Waals surface area contributed by atoms with Gasteiger partial charge in [-0.05, 0) is 50.2 Å². The van der Waals surface area contributed by atoms with Gasteiger partial charge in [0.15, 0.2) is 0 Å². The molecule has 29 heavy (non-hydrogen) atoms. The van der Waals surface area contributed by atoms with Gasteiger partial charge in [-0.3, -0.25) is 14.4 Å². The van der Waals surface area contributed by atoms with Crippen molar-refractivity contribution in [1.82, 2.24) is 16.0 Å². The Morgan fingerprint density at radius 3 is 2.17 bits per heavy atom. The average Bonchev–Trinajstić information content (AvgIpc) is 2.67. The maximum Gasteiger partial charge on any atom is 0.326 e. The summed E-state index contributed by atoms with van der Waals surface area (Å²) in [5.41, 5.74) is 11.3. The van der Waals surface area contributed by atoms with Crippen molar-refractivity contribution in [2.75, 3.05) is 25.1 Å². The quantitative estimate of drug-likeness (QED) is 0.179. The molecule has 0 heterocycles. The second-order valence-corrected chi connectivity index (χ2v) is 8.06. The number of thioether (sulfide) groups is 1. The molecule has 0 saturated carbocycles. The molecular weight excluding hydrogens is 398 g/mol. The Kier molecular flexibility index (Phi) is 14.1. The highest BCUT2D eigenvalue weighted by molar-refractivity contribution is 7.98. The molecule has 0 saturated heterocycles. The Labute approximate surface area is 176 Å². The van der Waals surface area contributed by atoms with E-state index >= 15 is 0 Å². The van der Waals surface area contributed by atoms with Gasteiger partial charge in [-0.15, -0.1) is 0 Å². The lowest BCUT2D eigenvalue weighted by molar-refractivity contribution is -0.141. The number of unbranched alkanes of at least 4 members (excludes halogenated alkanes) is 1. The van der Waals surface area contributed by atoms with Crippen LogP contribution >= 0.6 is 11.8 Å². The molecule has 0 bridgehead atoms. The summed E-state index contributed by atoms with van der Waals surface area (Å²) < 4.78 is 0. The number of rotatable bonds is 15. The number of aliphatic carboxylic acids is 1. The van der Waals surface area contributed by atoms with Gasteiger partial charge in [0.1, 0.15) is 12.1 Å². The van der Waals surface area contributed by atoms with Crippen molar-refractivity contribution in [3.63, 3.8) is 0 Å². The molecule has 8 N–H and O–H groups in total. The molecule has 0 fully saturated rings. The molecule has 3 unspecified atom stereocenters. The maximum absolute atomic E-state index is 12.5. The molecule has 0 aliphatic heterocycles. The lowest BCUT2D eigenvalue weighted by Gasteiger charge is -2.22. The van der Waals surface area contributed by atoms with E-state index in [4.69, 9.17) is 16.6 Å². The molecule has 0 aliphatic rings. The first-order valence-electron chi connectivity index (χ1n) is 9.68. The van der Waals surface area contributed by atoms with Crippen LogP contribution in [-0.4, -0.2) is 72.0 Å². The van der Waals surface area contributed by atoms with Crippen LogP contribution in [-0.2, 0) is 19.2 Å². The number of amides is 3. The highest BCUT2D eigenvalue weighted by Gasteiger charge is 2.26. The standard InChI is InChI=1S/C18H35N5O5S/c1-11(2)15(20)17(26)23-12(6-4-5-8-19)16(25)21-10-14(24)22-13(18(27)28)7-9-29-3/h11-13,15H,4-10,19-20H2,1-3H3,(H,21,25)(H,22,24)(H,23,26)(H,27,28). The maximum atomic E-state index is 12.5. The van der Waals surface area contributed by atoms with Crippen molar-refractivity contribution in [2.45, 2.75) is 57.7 Å². The van der Waals surface area contributed by atoms with E-state index in [0.29, 0.717) is 31.6 Å². The van der Waals surface area contributed by atoms with Gasteiger partial charge in [-0.1, -0.05) is 13.8 Å². The number of hydrogen-bond donors (Lipinski definition) is 6. The summed E-state index contributed by atoms with van der Waals surface area (Å²) in [6.07, 6.45) is 3.78. The van der Waals surface area contributed by atoms with E-state index in [9.17, 15) is 19.2 Å². The number of carbonyl (C=O) groups excluding carboxylic acids is 3. The Morgan fingerprint density at radius 2 is 1.66 bits per heavy atom. The minimum Gasteiger partial charge on any atom is -0.480 e. The summed E-state index contributed by atoms with van der Waals surface area (Å²) >= 11 is 1.47. The summed E-state index contributed by atoms with van der Waals surface area (Å²) in [7, 11) is 0. The summed E-state index contributed by atoms with van der Waals surface area (Å²) in [5, 5.41) is 16.6. The third-order valence-electron chi connectivity index (χ3n) is 4.27. The van der Waals surface area contributed by atoms with Crippen LogP contribution in [0.5, 0.6) is 0 Å². The average molecular weight is 434 g/mol. The minimum atomic E-state index is -1.13. The molecule has 3 atom stereocenters. The van der Waals surface area contributed by atoms with Gasteiger partial charge in [-0.2, -0.15) is 11.8 Å². The first-order valence-corrected chi connectivity index (χ1v) is 11.1. The van der Waals surface area contributed by atoms with Gasteiger partial charge in [0, 0.05) is 0 Å². The smallest absolute Gasteiger partial charge is 0.326 e. The Hall–Kier alpha value is -1.85. The van der Waals surface area contributed by atoms with Crippen molar-refractivity contribution >= 4 is 35.5 Å². The van der Waals surface area contributed by atoms with E-state index in [1.54, 1.807) is 13.8 Å². The van der Waals surface area contributed by atoms with Crippen molar-refractivity contribution in [2.24, 2.45) is 17.4 Å². The summed E-state index contributed by atoms with van der Waals surface area (Å²) in [4.78, 5) is 47.9. The predicted octanol–water partition coefficient (Wildman–Crippen LogP) is -0.978. The number of carboxylic acid groups (broad SMARTS) is 1. The fourth-order valence-electron chi connectivity index (χ4n) is 2.36. The highest BCUT2D eigenvalue weighted by Crippen LogP contribution is 2.04. The lowest BCUT2D eigenvalue weighted by Crippen LogP contribution is -2.54. The Morgan fingerprint density at radius 1 is 1.00 bits per heavy atom. The molecule has 0 spiro atoms. The molecule has 3 amide bonds. The zero-order valence-corrected chi connectivity index (χ0v) is 18.2. The first-order chi connectivity index (χ1) is 13.6. The van der Waals surface area contributed by atoms with Gasteiger partial charge in [0.25, 0.3) is 0 Å². The van der Waals surface area contributed by atoms with Gasteiger partial charge in [-0.25, -0.2) is 4.79 Å². The molecule has 0 aromatic heterocycles. The van der Waals surface area contributed by atoms with Gasteiger partial charge in [0.05, 0.1) is 12.6 Å². The van der Waals surface area contributed by atoms with Crippen LogP contribution < -0.4 is 27.4 Å². The van der Waals surface area contributed by atoms with E-state index in [-0.39, 0.29) is 18.9 Å². The summed E-state index contributed by atoms with van der Waals surface area (Å²) in [6, 6.07) is -2.62. The summed E-state index contributed by atoms with van der Waals surface area (Å²) in [6.45, 7) is 3.67. The zero-order valence-electron chi connectivity index (χ0n) is 17.4. The predicted molar refractivity (Wildman–Crippen MR) is 113 cm³/mol. The van der Waals surface area contributed by atoms with E-state index in [0.717, 1.165) is 0 Å². The first kappa shape index (κ1) is 27.1. The van der Waals surface area contributed by atoms with Crippen molar-refractivity contribution in [3.05, 3.63) is 0 Å². The molecule has 10 nitrogen and oxygen atoms in total. The molecule has 168 valence electrons. The molecule has 0 rings (SSSR count). The molecule has 0 radical (unpaired) electrons. The SMILES string of the molecule is CSCCC(NC(=O)CNC(=O)C(CCCCN)NC(=O)C(N)C(C)C)C(=O)O. The second kappa shape index (κ2) is 15.1. The van der Waals surface area contributed by atoms with Crippen LogP contribution in [0.15, 0.2) is 0 Å². The Balaban J connectivity index is 4.79. The monoisotopic (exact) mass is 433 g/mol. The van der Waals surface area contributed by atoms with Crippen LogP contribution in [0.3, 0.4) is 0 Å². The third-order valence-corrected chi connectivity index (χ3v) is 4.91. The largest absolute Gasteiger partial charge is 0.480 e. The normalized spacial score (nSPS) is 14.0. The second-order valence-electron chi connectivity index (χ2n) is 7.07. The van der Waals surface area contributed by atoms with E-state index in [2.05, 4.69) is 16.0 Å². The topological polar surface area (TPSA) is 177 Å². The zero-order chi connectivity index (χ0) is 22.4. The highest BCUT2D eigenvalue weighted by atomic mass is 32.2. The van der Waals surface area contributed by atoms with Crippen LogP contribution in [0.25, 0.3) is 0 Å². The lowest BCUT2D eigenvalue weighted by atomic mass is 10.0. The van der Waals surface area contributed by atoms with E-state index in [1.165, 1.54) is 11.8 Å². The fourth-order valence-corrected chi connectivity index (χ4v) is 2.83. The number of hydrogen-bond acceptors (Lipinski definition) is 7. The van der Waals surface area contributed by atoms with E-state index < -0.39 is 41.8 Å². The third kappa shape index (κ3) is 11.7. The van der Waals surface area contributed by atoms with Gasteiger partial charge >= 0.3 is 5.97 Å². The fraction of sp³-hybridized carbons (Fsp3) is 0.778. The molecule has 0 aliphatic carbocycles. The molecule has 0 aromatic rings. The van der Waals surface area contributed by atoms with Crippen molar-refractivity contribution in [3.8, 4) is 0 Å². The molecule has 0 aromatic carbocycles. The number of nitrogens with two attached hydrogens (primary N) is 2. The van der Waals surface area contributed by atoms with Gasteiger partial charge < -0.3 is 32.5 Å². The molecular formula is C18H35N5O5S. The Bertz CT molecular complexity index is 547. The van der Waals surface area contributed by atoms with Crippen LogP contribution in [0.1, 0.15) is 39.5 Å². The number of carbonyl (C=O) groups is 4. The van der Waals surface area contributed by atoms with Crippen LogP contribution in [0.2, 0.25) is 0 Å². The van der Waals surface area contributed by atoms with Crippen LogP contribution in [0, 0.1) is 5.92 Å². The van der Waals surface area contributed by atoms with Crippen molar-refractivity contribution < 1.29 is 24.3 Å². The summed E-state index contributed by atoms with van der Waals surface area (Å²) in [5.74, 6) is -2.23. The number of nitrogens with one attached hydrogen (secondary N) is 3. The minimum absolute atomic E-state index is 0.0947. The van der Waals surface area contributed by atoms with Crippen LogP contribution in [0.4, 0.5) is 0 Å². The van der Waals surface area contributed by atoms with Gasteiger partial charge in [0.2, 0.25) is 17.7 Å².